The highest BCUT2D eigenvalue weighted by Crippen LogP contribution is 2.45. The monoisotopic (exact) mass is 1480 g/mol. The third-order valence-electron chi connectivity index (χ3n) is 19.9. The molecule has 0 radical (unpaired) electrons. The SMILES string of the molecule is CCCCCCCCCCCCCCCCCCCCC(=O)OC[C@H](COP(=O)(O)OC[C@@H](O)COP(=O)(O)OC[C@@H](COC(=O)CCCCCCCCC(C)CC)OC(=O)CCCCCCCCCCCCCCCCC)OC(=O)CCCCCCCCCCCCCCCCC(C)CC. The molecule has 3 N–H and O–H groups in total. The van der Waals surface area contributed by atoms with E-state index in [0.29, 0.717) is 25.7 Å². The van der Waals surface area contributed by atoms with E-state index in [-0.39, 0.29) is 25.7 Å². The first-order valence-corrected chi connectivity index (χ1v) is 45.6. The zero-order valence-electron chi connectivity index (χ0n) is 66.2. The minimum absolute atomic E-state index is 0.107. The predicted octanol–water partition coefficient (Wildman–Crippen LogP) is 24.7. The van der Waals surface area contributed by atoms with Crippen molar-refractivity contribution in [2.24, 2.45) is 11.8 Å². The molecule has 0 heterocycles. The second-order valence-corrected chi connectivity index (χ2v) is 32.9. The Labute approximate surface area is 619 Å². The summed E-state index contributed by atoms with van der Waals surface area (Å²) in [5.41, 5.74) is 0. The molecular weight excluding hydrogens is 1320 g/mol. The fourth-order valence-corrected chi connectivity index (χ4v) is 14.2. The van der Waals surface area contributed by atoms with Crippen molar-refractivity contribution in [1.29, 1.82) is 0 Å². The molecule has 0 amide bonds. The molecule has 0 spiro atoms. The maximum Gasteiger partial charge on any atom is 0.472 e. The van der Waals surface area contributed by atoms with Crippen molar-refractivity contribution >= 4 is 39.5 Å². The molecule has 0 aromatic rings. The van der Waals surface area contributed by atoms with Crippen LogP contribution in [0.3, 0.4) is 0 Å². The second-order valence-electron chi connectivity index (χ2n) is 30.0. The summed E-state index contributed by atoms with van der Waals surface area (Å²) >= 11 is 0. The lowest BCUT2D eigenvalue weighted by Crippen LogP contribution is -2.30. The van der Waals surface area contributed by atoms with E-state index in [1.165, 1.54) is 244 Å². The molecule has 0 saturated heterocycles. The van der Waals surface area contributed by atoms with Crippen LogP contribution >= 0.6 is 15.6 Å². The van der Waals surface area contributed by atoms with E-state index in [0.717, 1.165) is 108 Å². The van der Waals surface area contributed by atoms with Crippen LogP contribution in [0.1, 0.15) is 433 Å². The van der Waals surface area contributed by atoms with E-state index in [1.54, 1.807) is 0 Å². The zero-order valence-corrected chi connectivity index (χ0v) is 68.0. The van der Waals surface area contributed by atoms with Gasteiger partial charge in [-0.3, -0.25) is 37.3 Å². The normalized spacial score (nSPS) is 14.4. The lowest BCUT2D eigenvalue weighted by molar-refractivity contribution is -0.161. The maximum absolute atomic E-state index is 13.1. The zero-order chi connectivity index (χ0) is 74.2. The third kappa shape index (κ3) is 73.4. The number of carbonyl (C=O) groups excluding carboxylic acids is 4. The van der Waals surface area contributed by atoms with E-state index in [1.807, 2.05) is 0 Å². The van der Waals surface area contributed by atoms with Crippen LogP contribution in [-0.4, -0.2) is 96.7 Å². The Morgan fingerprint density at radius 1 is 0.277 bits per heavy atom. The fraction of sp³-hybridized carbons (Fsp3) is 0.951. The quantitative estimate of drug-likeness (QED) is 0.0222. The third-order valence-corrected chi connectivity index (χ3v) is 21.8. The molecule has 0 rings (SSSR count). The van der Waals surface area contributed by atoms with Gasteiger partial charge in [0.25, 0.3) is 0 Å². The van der Waals surface area contributed by atoms with Gasteiger partial charge in [0, 0.05) is 25.7 Å². The predicted molar refractivity (Wildman–Crippen MR) is 414 cm³/mol. The Bertz CT molecular complexity index is 1950. The molecule has 0 fully saturated rings. The number of phosphoric acid groups is 2. The van der Waals surface area contributed by atoms with Gasteiger partial charge in [0.05, 0.1) is 26.4 Å². The average molecular weight is 1480 g/mol. The Hall–Kier alpha value is -1.94. The number of carbonyl (C=O) groups is 4. The molecule has 0 aliphatic heterocycles. The van der Waals surface area contributed by atoms with Gasteiger partial charge in [0.2, 0.25) is 0 Å². The van der Waals surface area contributed by atoms with Crippen molar-refractivity contribution in [2.45, 2.75) is 452 Å². The highest BCUT2D eigenvalue weighted by atomic mass is 31.2. The molecule has 600 valence electrons. The van der Waals surface area contributed by atoms with Crippen LogP contribution in [-0.2, 0) is 65.4 Å². The van der Waals surface area contributed by atoms with Gasteiger partial charge in [0.1, 0.15) is 19.3 Å². The van der Waals surface area contributed by atoms with Crippen molar-refractivity contribution < 1.29 is 80.2 Å². The highest BCUT2D eigenvalue weighted by molar-refractivity contribution is 7.47. The summed E-state index contributed by atoms with van der Waals surface area (Å²) in [6.07, 6.45) is 63.7. The maximum atomic E-state index is 13.1. The lowest BCUT2D eigenvalue weighted by Gasteiger charge is -2.21. The molecular formula is C82H160O17P2. The van der Waals surface area contributed by atoms with Crippen molar-refractivity contribution in [3.8, 4) is 0 Å². The van der Waals surface area contributed by atoms with Crippen LogP contribution in [0.5, 0.6) is 0 Å². The topological polar surface area (TPSA) is 237 Å². The van der Waals surface area contributed by atoms with Gasteiger partial charge in [-0.2, -0.15) is 0 Å². The molecule has 0 aliphatic rings. The first-order chi connectivity index (χ1) is 48.9. The molecule has 0 aromatic carbocycles. The van der Waals surface area contributed by atoms with Gasteiger partial charge in [-0.15, -0.1) is 0 Å². The Morgan fingerprint density at radius 2 is 0.475 bits per heavy atom. The van der Waals surface area contributed by atoms with Crippen LogP contribution in [0.25, 0.3) is 0 Å². The van der Waals surface area contributed by atoms with Gasteiger partial charge < -0.3 is 33.8 Å². The minimum atomic E-state index is -4.96. The van der Waals surface area contributed by atoms with E-state index in [2.05, 4.69) is 41.5 Å². The highest BCUT2D eigenvalue weighted by Gasteiger charge is 2.30. The molecule has 19 heteroatoms. The minimum Gasteiger partial charge on any atom is -0.462 e. The van der Waals surface area contributed by atoms with E-state index >= 15 is 0 Å². The number of aliphatic hydroxyl groups excluding tert-OH is 1. The lowest BCUT2D eigenvalue weighted by atomic mass is 9.99. The van der Waals surface area contributed by atoms with Gasteiger partial charge in [0.15, 0.2) is 12.2 Å². The number of aliphatic hydroxyl groups is 1. The second kappa shape index (κ2) is 73.6. The molecule has 0 aromatic heterocycles. The molecule has 0 saturated carbocycles. The van der Waals surface area contributed by atoms with Crippen LogP contribution in [0, 0.1) is 11.8 Å². The number of phosphoric ester groups is 2. The van der Waals surface area contributed by atoms with Gasteiger partial charge >= 0.3 is 39.5 Å². The summed E-state index contributed by atoms with van der Waals surface area (Å²) in [6, 6.07) is 0. The Balaban J connectivity index is 5.25. The number of unbranched alkanes of at least 4 members (excludes halogenated alkanes) is 49. The van der Waals surface area contributed by atoms with Gasteiger partial charge in [-0.25, -0.2) is 9.13 Å². The Kier molecular flexibility index (Phi) is 72.2. The molecule has 7 atom stereocenters. The smallest absolute Gasteiger partial charge is 0.462 e. The summed E-state index contributed by atoms with van der Waals surface area (Å²) < 4.78 is 68.8. The van der Waals surface area contributed by atoms with Crippen LogP contribution in [0.4, 0.5) is 0 Å². The summed E-state index contributed by atoms with van der Waals surface area (Å²) in [5.74, 6) is -0.530. The summed E-state index contributed by atoms with van der Waals surface area (Å²) in [4.78, 5) is 73.1. The van der Waals surface area contributed by atoms with Crippen LogP contribution < -0.4 is 0 Å². The van der Waals surface area contributed by atoms with Crippen molar-refractivity contribution in [1.82, 2.24) is 0 Å². The van der Waals surface area contributed by atoms with E-state index < -0.39 is 97.5 Å². The van der Waals surface area contributed by atoms with Crippen molar-refractivity contribution in [3.63, 3.8) is 0 Å². The van der Waals surface area contributed by atoms with Gasteiger partial charge in [-0.1, -0.05) is 382 Å². The number of hydrogen-bond donors (Lipinski definition) is 3. The van der Waals surface area contributed by atoms with E-state index in [4.69, 9.17) is 37.0 Å². The number of ether oxygens (including phenoxy) is 4. The first kappa shape index (κ1) is 99.1. The number of rotatable bonds is 81. The fourth-order valence-electron chi connectivity index (χ4n) is 12.6. The van der Waals surface area contributed by atoms with Crippen molar-refractivity contribution in [3.05, 3.63) is 0 Å². The molecule has 0 bridgehead atoms. The molecule has 101 heavy (non-hydrogen) atoms. The average Bonchev–Trinajstić information content (AvgIpc) is 0.977. The molecule has 4 unspecified atom stereocenters. The summed E-state index contributed by atoms with van der Waals surface area (Å²) in [5, 5.41) is 10.6. The van der Waals surface area contributed by atoms with Crippen LogP contribution in [0.15, 0.2) is 0 Å². The number of esters is 4. The Morgan fingerprint density at radius 3 is 0.703 bits per heavy atom. The standard InChI is InChI=1S/C82H160O17P2/c1-7-11-13-15-17-19-21-23-25-26-27-29-33-37-41-45-52-58-64-79(84)92-70-77(98-81(86)66-61-55-47-43-39-35-31-30-32-36-40-44-50-56-62-74(5)9-3)72-96-100(88,89)94-68-76(83)69-95-101(90,91)97-73-78(71-93-80(85)65-59-53-49-48-51-57-63-75(6)10-4)99-82(87)67-60-54-46-42-38-34-28-24-22-20-18-16-14-12-8-2/h74-78,83H,7-73H2,1-6H3,(H,88,89)(H,90,91)/t74?,75?,76-,77-,78-/m1/s1. The van der Waals surface area contributed by atoms with Crippen molar-refractivity contribution in [2.75, 3.05) is 39.6 Å². The van der Waals surface area contributed by atoms with Crippen LogP contribution in [0.2, 0.25) is 0 Å². The van der Waals surface area contributed by atoms with Gasteiger partial charge in [-0.05, 0) is 37.5 Å². The number of hydrogen-bond acceptors (Lipinski definition) is 15. The summed E-state index contributed by atoms with van der Waals surface area (Å²) in [7, 11) is -9.92. The van der Waals surface area contributed by atoms with E-state index in [9.17, 15) is 43.2 Å². The summed E-state index contributed by atoms with van der Waals surface area (Å²) in [6.45, 7) is 9.66. The molecule has 0 aliphatic carbocycles. The molecule has 17 nitrogen and oxygen atoms in total. The first-order valence-electron chi connectivity index (χ1n) is 42.6. The largest absolute Gasteiger partial charge is 0.472 e.